The molecule has 0 saturated carbocycles. The number of hydrogen-bond acceptors (Lipinski definition) is 12. The van der Waals surface area contributed by atoms with E-state index in [0.29, 0.717) is 42.7 Å². The zero-order valence-electron chi connectivity index (χ0n) is 37.2. The molecule has 5 N–H and O–H groups in total. The number of phenols is 1. The molecule has 2 aliphatic heterocycles. The number of fused-ring (bicyclic) bond motifs is 3. The smallest absolute Gasteiger partial charge is 0.411 e. The van der Waals surface area contributed by atoms with Crippen molar-refractivity contribution in [1.82, 2.24) is 10.2 Å². The Kier molecular flexibility index (Phi) is 13.8. The van der Waals surface area contributed by atoms with Gasteiger partial charge in [0.15, 0.2) is 5.43 Å². The number of carboxylic acid groups (broad SMARTS) is 1. The minimum absolute atomic E-state index is 0.0126. The van der Waals surface area contributed by atoms with Crippen LogP contribution in [0.1, 0.15) is 27.9 Å². The summed E-state index contributed by atoms with van der Waals surface area (Å²) < 4.78 is 37.9. The maximum atomic E-state index is 14.7. The molecule has 2 aliphatic carbocycles. The normalized spacial score (nSPS) is 17.3. The van der Waals surface area contributed by atoms with Crippen LogP contribution < -0.4 is 25.5 Å². The van der Waals surface area contributed by atoms with E-state index in [9.17, 15) is 48.5 Å². The highest BCUT2D eigenvalue weighted by Gasteiger charge is 2.45. The second-order valence-corrected chi connectivity index (χ2v) is 17.9. The number of aromatic hydroxyl groups is 1. The van der Waals surface area contributed by atoms with Crippen molar-refractivity contribution in [2.45, 2.75) is 37.6 Å². The van der Waals surface area contributed by atoms with Crippen LogP contribution in [0.2, 0.25) is 0 Å². The average molecular weight is 1070 g/mol. The van der Waals surface area contributed by atoms with Crippen LogP contribution >= 0.6 is 22.6 Å². The van der Waals surface area contributed by atoms with E-state index in [1.54, 1.807) is 54.6 Å². The predicted octanol–water partition coefficient (Wildman–Crippen LogP) is 7.69. The summed E-state index contributed by atoms with van der Waals surface area (Å²) in [6.07, 6.45) is -2.35. The number of aliphatic hydroxyl groups is 1. The molecule has 18 heteroatoms. The van der Waals surface area contributed by atoms with Gasteiger partial charge in [0, 0.05) is 52.9 Å². The first kappa shape index (κ1) is 47.9. The van der Waals surface area contributed by atoms with Crippen molar-refractivity contribution in [3.63, 3.8) is 0 Å². The number of carboxylic acids is 1. The van der Waals surface area contributed by atoms with Crippen LogP contribution in [0.4, 0.5) is 14.9 Å². The van der Waals surface area contributed by atoms with Gasteiger partial charge in [0.2, 0.25) is 11.8 Å². The third-order valence-corrected chi connectivity index (χ3v) is 13.0. The summed E-state index contributed by atoms with van der Waals surface area (Å²) in [5, 5.41) is 38.2. The van der Waals surface area contributed by atoms with E-state index in [2.05, 4.69) is 33.2 Å². The molecule has 71 heavy (non-hydrogen) atoms. The Morgan fingerprint density at radius 1 is 0.859 bits per heavy atom. The molecule has 0 aromatic heterocycles. The third-order valence-electron chi connectivity index (χ3n) is 12.1. The van der Waals surface area contributed by atoms with Crippen molar-refractivity contribution in [3.8, 4) is 39.7 Å². The highest BCUT2D eigenvalue weighted by Crippen LogP contribution is 2.43. The number of rotatable bonds is 13. The van der Waals surface area contributed by atoms with Gasteiger partial charge in [-0.3, -0.25) is 24.5 Å². The fourth-order valence-corrected chi connectivity index (χ4v) is 9.23. The number of halogens is 2. The van der Waals surface area contributed by atoms with E-state index in [0.717, 1.165) is 0 Å². The summed E-state index contributed by atoms with van der Waals surface area (Å²) in [6, 6.07) is 30.7. The lowest BCUT2D eigenvalue weighted by Crippen LogP contribution is -2.57. The van der Waals surface area contributed by atoms with Crippen molar-refractivity contribution in [1.29, 1.82) is 0 Å². The van der Waals surface area contributed by atoms with Crippen LogP contribution in [0, 0.1) is 15.3 Å². The molecule has 5 aromatic carbocycles. The number of benzene rings is 6. The first-order valence-electron chi connectivity index (χ1n) is 22.1. The van der Waals surface area contributed by atoms with Crippen molar-refractivity contribution < 1.29 is 62.3 Å². The molecule has 16 nitrogen and oxygen atoms in total. The SMILES string of the molecule is O=C(Nc1ccc(-c2c3ccc(=O)cc-3oc3cc(O)ccc23)c(C(=O)O)c1)OCCNC(=O)C1=C[C@H](Oc2ccccc2I)[C@@H](O)[C@H](N(Cc2ccc(F)cc2)C(=O)C2Cc3ccccc3OC2=O)C1. The molecule has 0 fully saturated rings. The first-order chi connectivity index (χ1) is 34.2. The first-order valence-corrected chi connectivity index (χ1v) is 23.2. The van der Waals surface area contributed by atoms with Gasteiger partial charge in [0.05, 0.1) is 21.7 Å². The maximum Gasteiger partial charge on any atom is 0.411 e. The number of para-hydroxylation sites is 2. The standard InChI is InChI=1S/C53H41FIN3O13/c54-31-11-9-28(10-12-31)27-58(50(63)39-21-29-5-1-3-7-42(29)71-52(39)66)41-22-30(23-46(48(41)61)69-43-8-4-2-6-40(43)55)49(62)56-19-20-68-53(67)57-32-13-16-35(38(24-32)51(64)65)47-36-17-14-33(59)25-44(36)70-45-26-34(60)15-18-37(45)47/h1-18,23-26,39,41,46,48,59,61H,19-22,27H2,(H,56,62)(H,57,67)(H,64,65)/t39?,41-,46+,48+/m1/s1. The summed E-state index contributed by atoms with van der Waals surface area (Å²) >= 11 is 2.07. The highest BCUT2D eigenvalue weighted by molar-refractivity contribution is 14.1. The Balaban J connectivity index is 0.917. The number of phenolic OH excluding ortho intramolecular Hbond substituents is 1. The third kappa shape index (κ3) is 10.4. The lowest BCUT2D eigenvalue weighted by Gasteiger charge is -2.42. The molecule has 4 atom stereocenters. The topological polar surface area (TPSA) is 231 Å². The highest BCUT2D eigenvalue weighted by atomic mass is 127. The van der Waals surface area contributed by atoms with E-state index in [1.165, 1.54) is 83.8 Å². The number of hydrogen-bond donors (Lipinski definition) is 5. The minimum Gasteiger partial charge on any atom is -0.508 e. The Labute approximate surface area is 416 Å². The number of anilines is 1. The monoisotopic (exact) mass is 1070 g/mol. The van der Waals surface area contributed by atoms with E-state index in [-0.39, 0.29) is 77.4 Å². The predicted molar refractivity (Wildman–Crippen MR) is 263 cm³/mol. The van der Waals surface area contributed by atoms with Crippen molar-refractivity contribution >= 4 is 69.1 Å². The summed E-state index contributed by atoms with van der Waals surface area (Å²) in [5.41, 5.74) is 2.01. The Morgan fingerprint density at radius 3 is 2.41 bits per heavy atom. The molecule has 360 valence electrons. The molecule has 0 radical (unpaired) electrons. The number of carbonyl (C=O) groups excluding carboxylic acids is 4. The fraction of sp³-hybridized carbons (Fsp3) is 0.170. The molecule has 3 amide bonds. The largest absolute Gasteiger partial charge is 0.508 e. The molecule has 1 unspecified atom stereocenters. The Morgan fingerprint density at radius 2 is 1.62 bits per heavy atom. The molecule has 4 aliphatic rings. The van der Waals surface area contributed by atoms with Gasteiger partial charge in [0.25, 0.3) is 0 Å². The van der Waals surface area contributed by atoms with Gasteiger partial charge in [-0.25, -0.2) is 14.0 Å². The van der Waals surface area contributed by atoms with E-state index in [1.807, 2.05) is 0 Å². The number of carbonyl (C=O) groups is 5. The number of ether oxygens (including phenoxy) is 3. The van der Waals surface area contributed by atoms with Gasteiger partial charge < -0.3 is 44.2 Å². The van der Waals surface area contributed by atoms with Crippen molar-refractivity contribution in [2.24, 2.45) is 5.92 Å². The number of aromatic carboxylic acids is 1. The Bertz CT molecular complexity index is 3300. The van der Waals surface area contributed by atoms with Crippen LogP contribution in [0.15, 0.2) is 148 Å². The van der Waals surface area contributed by atoms with Crippen LogP contribution in [0.5, 0.6) is 17.2 Å². The summed E-state index contributed by atoms with van der Waals surface area (Å²) in [7, 11) is 0. The van der Waals surface area contributed by atoms with Gasteiger partial charge in [-0.2, -0.15) is 0 Å². The molecule has 2 heterocycles. The number of amides is 3. The molecular weight excluding hydrogens is 1030 g/mol. The zero-order valence-corrected chi connectivity index (χ0v) is 39.3. The van der Waals surface area contributed by atoms with Gasteiger partial charge in [-0.05, 0) is 119 Å². The van der Waals surface area contributed by atoms with Gasteiger partial charge >= 0.3 is 18.0 Å². The molecule has 0 bridgehead atoms. The van der Waals surface area contributed by atoms with Gasteiger partial charge in [-0.1, -0.05) is 48.5 Å². The van der Waals surface area contributed by atoms with Crippen LogP contribution in [0.25, 0.3) is 33.4 Å². The zero-order chi connectivity index (χ0) is 49.9. The second kappa shape index (κ2) is 20.5. The van der Waals surface area contributed by atoms with Crippen molar-refractivity contribution in [3.05, 3.63) is 175 Å². The number of aliphatic hydroxyl groups excluding tert-OH is 1. The summed E-state index contributed by atoms with van der Waals surface area (Å²) in [4.78, 5) is 81.3. The lowest BCUT2D eigenvalue weighted by atomic mass is 9.86. The molecule has 0 saturated heterocycles. The van der Waals surface area contributed by atoms with Crippen LogP contribution in [-0.2, 0) is 32.1 Å². The van der Waals surface area contributed by atoms with Gasteiger partial charge in [0.1, 0.15) is 59.1 Å². The number of esters is 1. The Hall–Kier alpha value is -8.10. The molecule has 9 rings (SSSR count). The molecule has 5 aromatic rings. The van der Waals surface area contributed by atoms with E-state index >= 15 is 0 Å². The number of nitrogens with zero attached hydrogens (tertiary/aromatic N) is 1. The average Bonchev–Trinajstić information content (AvgIpc) is 3.35. The summed E-state index contributed by atoms with van der Waals surface area (Å²) in [5.74, 6) is -4.49. The minimum atomic E-state index is -1.44. The maximum absolute atomic E-state index is 14.7. The van der Waals surface area contributed by atoms with E-state index < -0.39 is 59.8 Å². The van der Waals surface area contributed by atoms with Crippen molar-refractivity contribution in [2.75, 3.05) is 18.5 Å². The van der Waals surface area contributed by atoms with Crippen LogP contribution in [0.3, 0.4) is 0 Å². The molecule has 0 spiro atoms. The molecular formula is C53H41FIN3O13. The van der Waals surface area contributed by atoms with Crippen LogP contribution in [-0.4, -0.2) is 81.5 Å². The second-order valence-electron chi connectivity index (χ2n) is 16.7. The van der Waals surface area contributed by atoms with Gasteiger partial charge in [-0.15, -0.1) is 0 Å². The summed E-state index contributed by atoms with van der Waals surface area (Å²) in [6.45, 7) is -0.728. The fourth-order valence-electron chi connectivity index (χ4n) is 8.71. The van der Waals surface area contributed by atoms with E-state index in [4.69, 9.17) is 18.6 Å². The lowest BCUT2D eigenvalue weighted by molar-refractivity contribution is -0.155. The quantitative estimate of drug-likeness (QED) is 0.0186. The number of nitrogens with one attached hydrogen (secondary N) is 2.